The highest BCUT2D eigenvalue weighted by atomic mass is 19.4. The molecule has 1 aliphatic rings. The van der Waals surface area contributed by atoms with E-state index in [1.165, 1.54) is 44.2 Å². The molecule has 4 rings (SSSR count). The molecule has 0 aliphatic heterocycles. The topological polar surface area (TPSA) is 61.7 Å². The normalized spacial score (nSPS) is 15.6. The van der Waals surface area contributed by atoms with E-state index in [-0.39, 0.29) is 5.75 Å². The third-order valence-electron chi connectivity index (χ3n) is 5.40. The molecule has 2 aromatic carbocycles. The zero-order valence-corrected chi connectivity index (χ0v) is 17.7. The molecule has 0 bridgehead atoms. The Labute approximate surface area is 180 Å². The van der Waals surface area contributed by atoms with Gasteiger partial charge in [-0.1, -0.05) is 45.2 Å². The second kappa shape index (κ2) is 9.42. The van der Waals surface area contributed by atoms with E-state index in [0.29, 0.717) is 23.2 Å². The first-order chi connectivity index (χ1) is 14.6. The SMILES string of the molecule is CC1(C)CCCCC1.N#Cc1ccc2nc(Cc3ccc(OC(F)(F)F)cc3)[nH]c2c1. The number of H-pyrrole nitrogens is 1. The number of nitrogens with one attached hydrogen (secondary N) is 1. The van der Waals surface area contributed by atoms with Gasteiger partial charge in [-0.2, -0.15) is 5.26 Å². The lowest BCUT2D eigenvalue weighted by atomic mass is 9.78. The summed E-state index contributed by atoms with van der Waals surface area (Å²) in [7, 11) is 0. The molecular weight excluding hydrogens is 403 g/mol. The fraction of sp³-hybridized carbons (Fsp3) is 0.417. The van der Waals surface area contributed by atoms with Gasteiger partial charge < -0.3 is 9.72 Å². The lowest BCUT2D eigenvalue weighted by Crippen LogP contribution is -2.17. The fourth-order valence-electron chi connectivity index (χ4n) is 3.73. The van der Waals surface area contributed by atoms with Gasteiger partial charge in [-0.15, -0.1) is 13.2 Å². The number of hydrogen-bond donors (Lipinski definition) is 1. The van der Waals surface area contributed by atoms with Crippen molar-refractivity contribution in [2.45, 2.75) is 58.7 Å². The van der Waals surface area contributed by atoms with Gasteiger partial charge in [0.05, 0.1) is 22.7 Å². The van der Waals surface area contributed by atoms with Gasteiger partial charge in [0.15, 0.2) is 0 Å². The molecule has 0 amide bonds. The van der Waals surface area contributed by atoms with Crippen molar-refractivity contribution in [1.29, 1.82) is 5.26 Å². The van der Waals surface area contributed by atoms with Crippen LogP contribution < -0.4 is 4.74 Å². The van der Waals surface area contributed by atoms with Crippen molar-refractivity contribution in [3.63, 3.8) is 0 Å². The highest BCUT2D eigenvalue weighted by molar-refractivity contribution is 5.76. The summed E-state index contributed by atoms with van der Waals surface area (Å²) in [5.74, 6) is 0.407. The van der Waals surface area contributed by atoms with Crippen LogP contribution in [0.15, 0.2) is 42.5 Å². The van der Waals surface area contributed by atoms with Gasteiger partial charge in [0.2, 0.25) is 0 Å². The van der Waals surface area contributed by atoms with Crippen molar-refractivity contribution in [1.82, 2.24) is 9.97 Å². The Morgan fingerprint density at radius 2 is 1.74 bits per heavy atom. The first-order valence-corrected chi connectivity index (χ1v) is 10.4. The molecule has 0 spiro atoms. The quantitative estimate of drug-likeness (QED) is 0.492. The van der Waals surface area contributed by atoms with Gasteiger partial charge in [0.25, 0.3) is 0 Å². The van der Waals surface area contributed by atoms with E-state index >= 15 is 0 Å². The van der Waals surface area contributed by atoms with Crippen LogP contribution in [0.3, 0.4) is 0 Å². The molecule has 0 radical (unpaired) electrons. The predicted octanol–water partition coefficient (Wildman–Crippen LogP) is 6.90. The van der Waals surface area contributed by atoms with Crippen molar-refractivity contribution in [3.05, 3.63) is 59.4 Å². The van der Waals surface area contributed by atoms with Gasteiger partial charge in [-0.25, -0.2) is 4.98 Å². The second-order valence-electron chi connectivity index (χ2n) is 8.62. The number of nitriles is 1. The summed E-state index contributed by atoms with van der Waals surface area (Å²) in [5.41, 5.74) is 3.48. The number of aromatic amines is 1. The average molecular weight is 429 g/mol. The average Bonchev–Trinajstić information content (AvgIpc) is 3.10. The van der Waals surface area contributed by atoms with Gasteiger partial charge in [0.1, 0.15) is 11.6 Å². The zero-order valence-electron chi connectivity index (χ0n) is 17.7. The lowest BCUT2D eigenvalue weighted by Gasteiger charge is -2.28. The zero-order chi connectivity index (χ0) is 22.5. The number of rotatable bonds is 3. The molecule has 1 N–H and O–H groups in total. The number of benzene rings is 2. The molecule has 4 nitrogen and oxygen atoms in total. The van der Waals surface area contributed by atoms with Crippen molar-refractivity contribution in [2.75, 3.05) is 0 Å². The van der Waals surface area contributed by atoms with Crippen LogP contribution in [-0.2, 0) is 6.42 Å². The Morgan fingerprint density at radius 1 is 1.06 bits per heavy atom. The van der Waals surface area contributed by atoms with Crippen molar-refractivity contribution < 1.29 is 17.9 Å². The predicted molar refractivity (Wildman–Crippen MR) is 114 cm³/mol. The van der Waals surface area contributed by atoms with Crippen LogP contribution in [0.5, 0.6) is 5.75 Å². The molecule has 0 saturated heterocycles. The largest absolute Gasteiger partial charge is 0.573 e. The van der Waals surface area contributed by atoms with Gasteiger partial charge in [0, 0.05) is 6.42 Å². The minimum atomic E-state index is -4.70. The molecule has 0 unspecified atom stereocenters. The number of hydrogen-bond acceptors (Lipinski definition) is 3. The molecule has 164 valence electrons. The van der Waals surface area contributed by atoms with Gasteiger partial charge in [-0.05, 0) is 54.2 Å². The van der Waals surface area contributed by atoms with Gasteiger partial charge >= 0.3 is 6.36 Å². The first kappa shape index (κ1) is 22.7. The standard InChI is InChI=1S/C16H10F3N3O.C8H16/c17-16(18,19)23-12-4-1-10(2-5-12)8-15-21-13-6-3-11(9-20)7-14(13)22-15;1-8(2)6-4-3-5-7-8/h1-7H,8H2,(H,21,22);3-7H2,1-2H3. The third-order valence-corrected chi connectivity index (χ3v) is 5.40. The molecule has 1 aliphatic carbocycles. The highest BCUT2D eigenvalue weighted by Crippen LogP contribution is 2.34. The summed E-state index contributed by atoms with van der Waals surface area (Å²) in [4.78, 5) is 7.49. The summed E-state index contributed by atoms with van der Waals surface area (Å²) in [5, 5.41) is 8.87. The highest BCUT2D eigenvalue weighted by Gasteiger charge is 2.30. The van der Waals surface area contributed by atoms with Crippen LogP contribution in [0.2, 0.25) is 0 Å². The maximum Gasteiger partial charge on any atom is 0.573 e. The maximum atomic E-state index is 12.1. The smallest absolute Gasteiger partial charge is 0.406 e. The summed E-state index contributed by atoms with van der Waals surface area (Å²) >= 11 is 0. The van der Waals surface area contributed by atoms with E-state index in [1.807, 2.05) is 6.07 Å². The number of ether oxygens (including phenoxy) is 1. The minimum Gasteiger partial charge on any atom is -0.406 e. The molecule has 1 saturated carbocycles. The lowest BCUT2D eigenvalue weighted by molar-refractivity contribution is -0.274. The Hall–Kier alpha value is -3.01. The molecule has 0 atom stereocenters. The fourth-order valence-corrected chi connectivity index (χ4v) is 3.73. The van der Waals surface area contributed by atoms with Crippen LogP contribution in [0.25, 0.3) is 11.0 Å². The van der Waals surface area contributed by atoms with E-state index in [2.05, 4.69) is 28.6 Å². The molecule has 1 aromatic heterocycles. The van der Waals surface area contributed by atoms with Crippen molar-refractivity contribution >= 4 is 11.0 Å². The number of aromatic nitrogens is 2. The molecule has 3 aromatic rings. The first-order valence-electron chi connectivity index (χ1n) is 10.4. The molecule has 7 heteroatoms. The molecular formula is C24H26F3N3O. The second-order valence-corrected chi connectivity index (χ2v) is 8.62. The summed E-state index contributed by atoms with van der Waals surface area (Å²) in [6, 6.07) is 12.8. The van der Waals surface area contributed by atoms with E-state index in [0.717, 1.165) is 16.6 Å². The van der Waals surface area contributed by atoms with Crippen molar-refractivity contribution in [2.24, 2.45) is 5.41 Å². The van der Waals surface area contributed by atoms with E-state index < -0.39 is 6.36 Å². The number of nitrogens with zero attached hydrogens (tertiary/aromatic N) is 2. The molecule has 1 fully saturated rings. The number of imidazole rings is 1. The minimum absolute atomic E-state index is 0.260. The number of fused-ring (bicyclic) bond motifs is 1. The van der Waals surface area contributed by atoms with Gasteiger partial charge in [-0.3, -0.25) is 0 Å². The summed E-state index contributed by atoms with van der Waals surface area (Å²) in [6.45, 7) is 4.76. The van der Waals surface area contributed by atoms with Crippen LogP contribution >= 0.6 is 0 Å². The molecule has 1 heterocycles. The number of alkyl halides is 3. The van der Waals surface area contributed by atoms with E-state index in [9.17, 15) is 13.2 Å². The maximum absolute atomic E-state index is 12.1. The Bertz CT molecular complexity index is 1040. The monoisotopic (exact) mass is 429 g/mol. The van der Waals surface area contributed by atoms with Crippen LogP contribution in [0, 0.1) is 16.7 Å². The van der Waals surface area contributed by atoms with E-state index in [1.54, 1.807) is 30.3 Å². The van der Waals surface area contributed by atoms with Crippen LogP contribution in [0.1, 0.15) is 62.9 Å². The van der Waals surface area contributed by atoms with Crippen LogP contribution in [0.4, 0.5) is 13.2 Å². The molecule has 31 heavy (non-hydrogen) atoms. The Balaban J connectivity index is 0.000000287. The summed E-state index contributed by atoms with van der Waals surface area (Å²) < 4.78 is 40.2. The van der Waals surface area contributed by atoms with Crippen LogP contribution in [-0.4, -0.2) is 16.3 Å². The van der Waals surface area contributed by atoms with Crippen molar-refractivity contribution in [3.8, 4) is 11.8 Å². The van der Waals surface area contributed by atoms with E-state index in [4.69, 9.17) is 5.26 Å². The Kier molecular flexibility index (Phi) is 6.89. The Morgan fingerprint density at radius 3 is 2.29 bits per heavy atom. The number of halogens is 3. The third kappa shape index (κ3) is 7.02. The summed E-state index contributed by atoms with van der Waals surface area (Å²) in [6.07, 6.45) is 3.05.